The highest BCUT2D eigenvalue weighted by Crippen LogP contribution is 2.56. The fourth-order valence-electron chi connectivity index (χ4n) is 6.94. The summed E-state index contributed by atoms with van der Waals surface area (Å²) in [5, 5.41) is 2.14. The molecule has 4 aliphatic rings. The molecule has 7 rings (SSSR count). The molecule has 0 saturated heterocycles. The largest absolute Gasteiger partial charge is 0.493 e. The highest BCUT2D eigenvalue weighted by atomic mass is 16.5. The van der Waals surface area contributed by atoms with Crippen molar-refractivity contribution in [1.29, 1.82) is 0 Å². The Morgan fingerprint density at radius 1 is 0.812 bits per heavy atom. The fourth-order valence-corrected chi connectivity index (χ4v) is 6.94. The second-order valence-corrected chi connectivity index (χ2v) is 10.2. The maximum Gasteiger partial charge on any atom is 0.337 e. The molecular formula is C29H30O3. The van der Waals surface area contributed by atoms with E-state index >= 15 is 0 Å². The molecule has 0 heterocycles. The van der Waals surface area contributed by atoms with Gasteiger partial charge in [-0.15, -0.1) is 0 Å². The predicted octanol–water partition coefficient (Wildman–Crippen LogP) is 6.74. The summed E-state index contributed by atoms with van der Waals surface area (Å²) < 4.78 is 11.2. The Bertz CT molecular complexity index is 1140. The maximum atomic E-state index is 11.8. The number of fused-ring (bicyclic) bond motifs is 1. The molecular weight excluding hydrogens is 396 g/mol. The Balaban J connectivity index is 1.19. The second kappa shape index (κ2) is 7.95. The lowest BCUT2D eigenvalue weighted by molar-refractivity contribution is -0.0529. The SMILES string of the molecule is COC(=O)c1ccc2cc(-c3cccc(OCC4C5CC6CC(C5)CC4C6)c3)ccc2c1. The molecule has 0 spiro atoms. The third-order valence-corrected chi connectivity index (χ3v) is 8.29. The van der Waals surface area contributed by atoms with Crippen molar-refractivity contribution in [2.75, 3.05) is 13.7 Å². The van der Waals surface area contributed by atoms with E-state index in [1.54, 1.807) is 0 Å². The summed E-state index contributed by atoms with van der Waals surface area (Å²) in [6.07, 6.45) is 7.26. The molecule has 32 heavy (non-hydrogen) atoms. The van der Waals surface area contributed by atoms with Crippen LogP contribution in [0.4, 0.5) is 0 Å². The zero-order valence-corrected chi connectivity index (χ0v) is 18.6. The molecule has 3 heteroatoms. The van der Waals surface area contributed by atoms with Crippen molar-refractivity contribution in [3.05, 3.63) is 66.2 Å². The maximum absolute atomic E-state index is 11.8. The van der Waals surface area contributed by atoms with Gasteiger partial charge in [-0.3, -0.25) is 0 Å². The minimum Gasteiger partial charge on any atom is -0.493 e. The topological polar surface area (TPSA) is 35.5 Å². The summed E-state index contributed by atoms with van der Waals surface area (Å²) >= 11 is 0. The lowest BCUT2D eigenvalue weighted by Crippen LogP contribution is -2.47. The van der Waals surface area contributed by atoms with E-state index in [0.717, 1.165) is 63.8 Å². The van der Waals surface area contributed by atoms with Gasteiger partial charge in [-0.05, 0) is 114 Å². The van der Waals surface area contributed by atoms with Crippen LogP contribution in [0.25, 0.3) is 21.9 Å². The van der Waals surface area contributed by atoms with E-state index in [1.807, 2.05) is 18.2 Å². The number of hydrogen-bond donors (Lipinski definition) is 0. The van der Waals surface area contributed by atoms with E-state index in [1.165, 1.54) is 39.2 Å². The standard InChI is InChI=1S/C29H30O3/c1-31-29(30)24-8-7-22-14-21(5-6-23(22)15-24)20-3-2-4-27(16-20)32-17-28-25-10-18-9-19(12-25)13-26(28)11-18/h2-8,14-16,18-19,25-26,28H,9-13,17H2,1H3. The third-order valence-electron chi connectivity index (χ3n) is 8.29. The molecule has 3 aromatic carbocycles. The van der Waals surface area contributed by atoms with Crippen LogP contribution in [-0.2, 0) is 4.74 Å². The van der Waals surface area contributed by atoms with Crippen molar-refractivity contribution in [2.45, 2.75) is 32.1 Å². The van der Waals surface area contributed by atoms with Gasteiger partial charge in [0.1, 0.15) is 5.75 Å². The molecule has 0 amide bonds. The molecule has 0 radical (unpaired) electrons. The Morgan fingerprint density at radius 2 is 1.50 bits per heavy atom. The van der Waals surface area contributed by atoms with Gasteiger partial charge in [0.05, 0.1) is 19.3 Å². The van der Waals surface area contributed by atoms with Gasteiger partial charge in [0.15, 0.2) is 0 Å². The Morgan fingerprint density at radius 3 is 2.25 bits per heavy atom. The van der Waals surface area contributed by atoms with Crippen molar-refractivity contribution in [3.63, 3.8) is 0 Å². The van der Waals surface area contributed by atoms with Crippen molar-refractivity contribution in [1.82, 2.24) is 0 Å². The summed E-state index contributed by atoms with van der Waals surface area (Å²) in [4.78, 5) is 11.8. The quantitative estimate of drug-likeness (QED) is 0.424. The molecule has 0 unspecified atom stereocenters. The van der Waals surface area contributed by atoms with Crippen LogP contribution < -0.4 is 4.74 Å². The number of methoxy groups -OCH3 is 1. The first kappa shape index (κ1) is 19.8. The first-order chi connectivity index (χ1) is 15.7. The van der Waals surface area contributed by atoms with Gasteiger partial charge in [0.2, 0.25) is 0 Å². The van der Waals surface area contributed by atoms with Crippen molar-refractivity contribution in [3.8, 4) is 16.9 Å². The number of carbonyl (C=O) groups excluding carboxylic acids is 1. The minimum atomic E-state index is -0.306. The summed E-state index contributed by atoms with van der Waals surface area (Å²) in [7, 11) is 1.41. The number of esters is 1. The van der Waals surface area contributed by atoms with Crippen LogP contribution in [0.1, 0.15) is 42.5 Å². The van der Waals surface area contributed by atoms with Crippen LogP contribution in [0.5, 0.6) is 5.75 Å². The summed E-state index contributed by atoms with van der Waals surface area (Å²) in [5.74, 6) is 5.21. The zero-order chi connectivity index (χ0) is 21.7. The van der Waals surface area contributed by atoms with Gasteiger partial charge in [-0.25, -0.2) is 4.79 Å². The molecule has 4 aliphatic carbocycles. The molecule has 3 nitrogen and oxygen atoms in total. The van der Waals surface area contributed by atoms with E-state index in [0.29, 0.717) is 5.56 Å². The molecule has 0 aliphatic heterocycles. The van der Waals surface area contributed by atoms with Crippen LogP contribution in [0.15, 0.2) is 60.7 Å². The zero-order valence-electron chi connectivity index (χ0n) is 18.6. The predicted molar refractivity (Wildman–Crippen MR) is 127 cm³/mol. The molecule has 4 fully saturated rings. The Labute approximate surface area is 189 Å². The number of hydrogen-bond acceptors (Lipinski definition) is 3. The smallest absolute Gasteiger partial charge is 0.337 e. The van der Waals surface area contributed by atoms with Crippen molar-refractivity contribution < 1.29 is 14.3 Å². The van der Waals surface area contributed by atoms with E-state index in [2.05, 4.69) is 42.5 Å². The van der Waals surface area contributed by atoms with E-state index in [9.17, 15) is 4.79 Å². The van der Waals surface area contributed by atoms with Gasteiger partial charge in [-0.1, -0.05) is 30.3 Å². The van der Waals surface area contributed by atoms with Gasteiger partial charge in [0.25, 0.3) is 0 Å². The van der Waals surface area contributed by atoms with Crippen LogP contribution in [0.2, 0.25) is 0 Å². The fraction of sp³-hybridized carbons (Fsp3) is 0.414. The van der Waals surface area contributed by atoms with Crippen LogP contribution >= 0.6 is 0 Å². The molecule has 4 bridgehead atoms. The number of ether oxygens (including phenoxy) is 2. The average Bonchev–Trinajstić information content (AvgIpc) is 2.82. The lowest BCUT2D eigenvalue weighted by atomic mass is 9.52. The highest BCUT2D eigenvalue weighted by molar-refractivity contribution is 5.96. The van der Waals surface area contributed by atoms with Crippen LogP contribution in [0, 0.1) is 29.6 Å². The van der Waals surface area contributed by atoms with Gasteiger partial charge in [-0.2, -0.15) is 0 Å². The average molecular weight is 427 g/mol. The number of benzene rings is 3. The first-order valence-electron chi connectivity index (χ1n) is 12.0. The second-order valence-electron chi connectivity index (χ2n) is 10.2. The normalized spacial score (nSPS) is 28.1. The minimum absolute atomic E-state index is 0.306. The summed E-state index contributed by atoms with van der Waals surface area (Å²) in [5.41, 5.74) is 2.89. The van der Waals surface area contributed by atoms with Crippen molar-refractivity contribution >= 4 is 16.7 Å². The van der Waals surface area contributed by atoms with E-state index < -0.39 is 0 Å². The molecule has 4 saturated carbocycles. The molecule has 0 aromatic heterocycles. The van der Waals surface area contributed by atoms with Crippen LogP contribution in [0.3, 0.4) is 0 Å². The third kappa shape index (κ3) is 3.58. The molecule has 3 aromatic rings. The van der Waals surface area contributed by atoms with E-state index in [-0.39, 0.29) is 5.97 Å². The first-order valence-corrected chi connectivity index (χ1v) is 12.0. The molecule has 0 N–H and O–H groups in total. The van der Waals surface area contributed by atoms with E-state index in [4.69, 9.17) is 9.47 Å². The molecule has 164 valence electrons. The number of carbonyl (C=O) groups is 1. The Kier molecular flexibility index (Phi) is 4.93. The van der Waals surface area contributed by atoms with Gasteiger partial charge in [0, 0.05) is 0 Å². The number of rotatable bonds is 5. The highest BCUT2D eigenvalue weighted by Gasteiger charge is 2.48. The summed E-state index contributed by atoms with van der Waals surface area (Å²) in [6, 6.07) is 20.5. The Hall–Kier alpha value is -2.81. The monoisotopic (exact) mass is 426 g/mol. The van der Waals surface area contributed by atoms with Crippen LogP contribution in [-0.4, -0.2) is 19.7 Å². The lowest BCUT2D eigenvalue weighted by Gasteiger charge is -2.54. The van der Waals surface area contributed by atoms with Gasteiger partial charge < -0.3 is 9.47 Å². The summed E-state index contributed by atoms with van der Waals surface area (Å²) in [6.45, 7) is 0.867. The van der Waals surface area contributed by atoms with Crippen molar-refractivity contribution in [2.24, 2.45) is 29.6 Å². The molecule has 0 atom stereocenters. The van der Waals surface area contributed by atoms with Gasteiger partial charge >= 0.3 is 5.97 Å².